The molecule has 88 valence electrons. The van der Waals surface area contributed by atoms with E-state index in [2.05, 4.69) is 30.7 Å². The Labute approximate surface area is 93.7 Å². The molecule has 1 unspecified atom stereocenters. The molecule has 1 aliphatic heterocycles. The fraction of sp³-hybridized carbons (Fsp3) is 0.917. The van der Waals surface area contributed by atoms with E-state index in [4.69, 9.17) is 5.73 Å². The van der Waals surface area contributed by atoms with Gasteiger partial charge in [0.2, 0.25) is 0 Å². The molecule has 3 nitrogen and oxygen atoms in total. The maximum Gasteiger partial charge on any atom is 0.191 e. The van der Waals surface area contributed by atoms with E-state index in [1.54, 1.807) is 0 Å². The number of aliphatic imine (C=N–C) groups is 1. The van der Waals surface area contributed by atoms with Gasteiger partial charge in [0.15, 0.2) is 5.96 Å². The SMILES string of the molecule is CCCCC1(CC)CN=C(N)N1CCC. The molecule has 3 heteroatoms. The molecule has 0 aromatic carbocycles. The molecule has 0 spiro atoms. The lowest BCUT2D eigenvalue weighted by Gasteiger charge is -2.38. The second kappa shape index (κ2) is 5.38. The maximum absolute atomic E-state index is 5.96. The number of hydrogen-bond acceptors (Lipinski definition) is 3. The molecule has 1 rings (SSSR count). The Kier molecular flexibility index (Phi) is 4.43. The first-order chi connectivity index (χ1) is 7.20. The summed E-state index contributed by atoms with van der Waals surface area (Å²) in [6.07, 6.45) is 6.05. The Morgan fingerprint density at radius 2 is 2.07 bits per heavy atom. The van der Waals surface area contributed by atoms with Crippen LogP contribution in [-0.2, 0) is 0 Å². The van der Waals surface area contributed by atoms with E-state index in [0.29, 0.717) is 0 Å². The summed E-state index contributed by atoms with van der Waals surface area (Å²) < 4.78 is 0. The Morgan fingerprint density at radius 1 is 1.33 bits per heavy atom. The van der Waals surface area contributed by atoms with Crippen LogP contribution in [0.25, 0.3) is 0 Å². The van der Waals surface area contributed by atoms with Gasteiger partial charge in [-0.25, -0.2) is 0 Å². The van der Waals surface area contributed by atoms with Crippen LogP contribution in [0.3, 0.4) is 0 Å². The van der Waals surface area contributed by atoms with Crippen molar-refractivity contribution in [1.29, 1.82) is 0 Å². The van der Waals surface area contributed by atoms with Crippen molar-refractivity contribution >= 4 is 5.96 Å². The van der Waals surface area contributed by atoms with E-state index < -0.39 is 0 Å². The normalized spacial score (nSPS) is 25.8. The van der Waals surface area contributed by atoms with Gasteiger partial charge in [0, 0.05) is 6.54 Å². The van der Waals surface area contributed by atoms with Crippen molar-refractivity contribution in [1.82, 2.24) is 4.90 Å². The zero-order chi connectivity index (χ0) is 11.3. The fourth-order valence-corrected chi connectivity index (χ4v) is 2.42. The molecule has 0 saturated heterocycles. The molecule has 0 fully saturated rings. The summed E-state index contributed by atoms with van der Waals surface area (Å²) in [5.41, 5.74) is 6.20. The lowest BCUT2D eigenvalue weighted by atomic mass is 9.88. The molecular weight excluding hydrogens is 186 g/mol. The van der Waals surface area contributed by atoms with Gasteiger partial charge >= 0.3 is 0 Å². The van der Waals surface area contributed by atoms with Crippen molar-refractivity contribution in [2.75, 3.05) is 13.1 Å². The molecule has 0 aliphatic carbocycles. The van der Waals surface area contributed by atoms with Crippen LogP contribution in [-0.4, -0.2) is 29.5 Å². The molecule has 0 saturated carbocycles. The second-order valence-electron chi connectivity index (χ2n) is 4.51. The van der Waals surface area contributed by atoms with Gasteiger partial charge in [-0.05, 0) is 19.3 Å². The number of hydrogen-bond donors (Lipinski definition) is 1. The van der Waals surface area contributed by atoms with Gasteiger partial charge in [0.25, 0.3) is 0 Å². The van der Waals surface area contributed by atoms with Gasteiger partial charge in [-0.2, -0.15) is 0 Å². The smallest absolute Gasteiger partial charge is 0.191 e. The molecule has 2 N–H and O–H groups in total. The van der Waals surface area contributed by atoms with Crippen LogP contribution in [0, 0.1) is 0 Å². The fourth-order valence-electron chi connectivity index (χ4n) is 2.42. The van der Waals surface area contributed by atoms with Crippen LogP contribution in [0.1, 0.15) is 52.9 Å². The molecule has 15 heavy (non-hydrogen) atoms. The van der Waals surface area contributed by atoms with Gasteiger partial charge in [0.1, 0.15) is 0 Å². The van der Waals surface area contributed by atoms with E-state index in [0.717, 1.165) is 31.9 Å². The van der Waals surface area contributed by atoms with Crippen LogP contribution in [0.15, 0.2) is 4.99 Å². The minimum absolute atomic E-state index is 0.232. The standard InChI is InChI=1S/C12H25N3/c1-4-7-8-12(6-3)10-14-11(13)15(12)9-5-2/h4-10H2,1-3H3,(H2,13,14). The topological polar surface area (TPSA) is 41.6 Å². The van der Waals surface area contributed by atoms with Gasteiger partial charge in [-0.3, -0.25) is 4.99 Å². The number of unbranched alkanes of at least 4 members (excludes halogenated alkanes) is 1. The lowest BCUT2D eigenvalue weighted by molar-refractivity contribution is 0.175. The molecular formula is C12H25N3. The number of nitrogens with zero attached hydrogens (tertiary/aromatic N) is 2. The third kappa shape index (κ3) is 2.44. The summed E-state index contributed by atoms with van der Waals surface area (Å²) in [4.78, 5) is 6.77. The average Bonchev–Trinajstić information content (AvgIpc) is 2.56. The van der Waals surface area contributed by atoms with E-state index in [1.807, 2.05) is 0 Å². The van der Waals surface area contributed by atoms with Gasteiger partial charge in [-0.15, -0.1) is 0 Å². The minimum Gasteiger partial charge on any atom is -0.370 e. The highest BCUT2D eigenvalue weighted by Crippen LogP contribution is 2.30. The predicted octanol–water partition coefficient (Wildman–Crippen LogP) is 2.37. The van der Waals surface area contributed by atoms with Crippen LogP contribution < -0.4 is 5.73 Å². The Bertz CT molecular complexity index is 225. The first kappa shape index (κ1) is 12.3. The number of guanidine groups is 1. The second-order valence-corrected chi connectivity index (χ2v) is 4.51. The average molecular weight is 211 g/mol. The van der Waals surface area contributed by atoms with Crippen LogP contribution >= 0.6 is 0 Å². The zero-order valence-electron chi connectivity index (χ0n) is 10.4. The molecule has 0 radical (unpaired) electrons. The highest BCUT2D eigenvalue weighted by molar-refractivity contribution is 5.81. The van der Waals surface area contributed by atoms with Crippen molar-refractivity contribution in [2.24, 2.45) is 10.7 Å². The van der Waals surface area contributed by atoms with E-state index in [1.165, 1.54) is 19.3 Å². The van der Waals surface area contributed by atoms with Gasteiger partial charge in [0.05, 0.1) is 12.1 Å². The third-order valence-electron chi connectivity index (χ3n) is 3.49. The first-order valence-corrected chi connectivity index (χ1v) is 6.27. The summed E-state index contributed by atoms with van der Waals surface area (Å²) in [7, 11) is 0. The van der Waals surface area contributed by atoms with Crippen LogP contribution in [0.2, 0.25) is 0 Å². The summed E-state index contributed by atoms with van der Waals surface area (Å²) in [6.45, 7) is 8.65. The first-order valence-electron chi connectivity index (χ1n) is 6.27. The van der Waals surface area contributed by atoms with Crippen LogP contribution in [0.5, 0.6) is 0 Å². The molecule has 1 aliphatic rings. The van der Waals surface area contributed by atoms with E-state index >= 15 is 0 Å². The molecule has 1 atom stereocenters. The maximum atomic E-state index is 5.96. The van der Waals surface area contributed by atoms with Crippen molar-refractivity contribution < 1.29 is 0 Å². The zero-order valence-corrected chi connectivity index (χ0v) is 10.4. The lowest BCUT2D eigenvalue weighted by Crippen LogP contribution is -2.51. The molecule has 0 aromatic heterocycles. The summed E-state index contributed by atoms with van der Waals surface area (Å²) in [5.74, 6) is 0.759. The Hall–Kier alpha value is -0.730. The quantitative estimate of drug-likeness (QED) is 0.733. The Morgan fingerprint density at radius 3 is 2.60 bits per heavy atom. The highest BCUT2D eigenvalue weighted by Gasteiger charge is 2.39. The van der Waals surface area contributed by atoms with Crippen molar-refractivity contribution in [2.45, 2.75) is 58.4 Å². The monoisotopic (exact) mass is 211 g/mol. The largest absolute Gasteiger partial charge is 0.370 e. The van der Waals surface area contributed by atoms with Crippen molar-refractivity contribution in [3.63, 3.8) is 0 Å². The molecule has 0 bridgehead atoms. The van der Waals surface area contributed by atoms with E-state index in [9.17, 15) is 0 Å². The summed E-state index contributed by atoms with van der Waals surface area (Å²) in [6, 6.07) is 0. The predicted molar refractivity (Wildman–Crippen MR) is 66.0 cm³/mol. The molecule has 1 heterocycles. The summed E-state index contributed by atoms with van der Waals surface area (Å²) >= 11 is 0. The minimum atomic E-state index is 0.232. The molecule has 0 amide bonds. The highest BCUT2D eigenvalue weighted by atomic mass is 15.4. The van der Waals surface area contributed by atoms with Gasteiger partial charge in [-0.1, -0.05) is 33.6 Å². The molecule has 0 aromatic rings. The Balaban J connectivity index is 2.70. The number of nitrogens with two attached hydrogens (primary N) is 1. The van der Waals surface area contributed by atoms with Crippen molar-refractivity contribution in [3.05, 3.63) is 0 Å². The van der Waals surface area contributed by atoms with Gasteiger partial charge < -0.3 is 10.6 Å². The number of rotatable bonds is 6. The third-order valence-corrected chi connectivity index (χ3v) is 3.49. The van der Waals surface area contributed by atoms with E-state index in [-0.39, 0.29) is 5.54 Å². The van der Waals surface area contributed by atoms with Crippen LogP contribution in [0.4, 0.5) is 0 Å². The summed E-state index contributed by atoms with van der Waals surface area (Å²) in [5, 5.41) is 0. The van der Waals surface area contributed by atoms with Crippen molar-refractivity contribution in [3.8, 4) is 0 Å².